The van der Waals surface area contributed by atoms with Crippen LogP contribution in [0.2, 0.25) is 0 Å². The average Bonchev–Trinajstić information content (AvgIpc) is 2.35. The molecule has 92 valence electrons. The van der Waals surface area contributed by atoms with Gasteiger partial charge in [0, 0.05) is 0 Å². The molecular formula is C15H22N2. The monoisotopic (exact) mass is 230 g/mol. The number of nitrogens with zero attached hydrogens (tertiary/aromatic N) is 1. The SMILES string of the molecule is CC(C)(C#N)CCNCCCc1ccccc1. The molecule has 0 aliphatic carbocycles. The normalized spacial score (nSPS) is 11.1. The van der Waals surface area contributed by atoms with Gasteiger partial charge in [-0.05, 0) is 51.8 Å². The molecule has 0 aliphatic heterocycles. The van der Waals surface area contributed by atoms with Crippen molar-refractivity contribution in [1.29, 1.82) is 5.26 Å². The van der Waals surface area contributed by atoms with Crippen LogP contribution in [-0.2, 0) is 6.42 Å². The van der Waals surface area contributed by atoms with Crippen LogP contribution in [0.25, 0.3) is 0 Å². The first-order chi connectivity index (χ1) is 8.14. The van der Waals surface area contributed by atoms with Gasteiger partial charge in [-0.1, -0.05) is 30.3 Å². The quantitative estimate of drug-likeness (QED) is 0.730. The molecule has 1 rings (SSSR count). The molecule has 0 amide bonds. The Morgan fingerprint density at radius 3 is 2.53 bits per heavy atom. The maximum absolute atomic E-state index is 8.87. The summed E-state index contributed by atoms with van der Waals surface area (Å²) >= 11 is 0. The van der Waals surface area contributed by atoms with Crippen molar-refractivity contribution >= 4 is 0 Å². The molecule has 0 unspecified atom stereocenters. The fourth-order valence-electron chi connectivity index (χ4n) is 1.64. The van der Waals surface area contributed by atoms with Gasteiger partial charge in [-0.2, -0.15) is 5.26 Å². The largest absolute Gasteiger partial charge is 0.317 e. The fraction of sp³-hybridized carbons (Fsp3) is 0.533. The van der Waals surface area contributed by atoms with Crippen LogP contribution in [0.1, 0.15) is 32.3 Å². The Hall–Kier alpha value is -1.33. The van der Waals surface area contributed by atoms with E-state index in [1.54, 1.807) is 0 Å². The predicted octanol–water partition coefficient (Wildman–Crippen LogP) is 3.15. The third-order valence-electron chi connectivity index (χ3n) is 2.89. The molecule has 0 saturated heterocycles. The molecule has 2 heteroatoms. The van der Waals surface area contributed by atoms with Gasteiger partial charge in [0.1, 0.15) is 0 Å². The van der Waals surface area contributed by atoms with Crippen molar-refractivity contribution in [2.45, 2.75) is 33.1 Å². The minimum absolute atomic E-state index is 0.202. The minimum Gasteiger partial charge on any atom is -0.317 e. The van der Waals surface area contributed by atoms with Crippen LogP contribution in [0, 0.1) is 16.7 Å². The first-order valence-electron chi connectivity index (χ1n) is 6.30. The van der Waals surface area contributed by atoms with E-state index in [9.17, 15) is 0 Å². The van der Waals surface area contributed by atoms with E-state index in [-0.39, 0.29) is 5.41 Å². The molecule has 0 saturated carbocycles. The lowest BCUT2D eigenvalue weighted by Gasteiger charge is -2.14. The van der Waals surface area contributed by atoms with E-state index >= 15 is 0 Å². The summed E-state index contributed by atoms with van der Waals surface area (Å²) in [6.07, 6.45) is 3.18. The molecule has 0 radical (unpaired) electrons. The van der Waals surface area contributed by atoms with Gasteiger partial charge in [0.2, 0.25) is 0 Å². The lowest BCUT2D eigenvalue weighted by Crippen LogP contribution is -2.22. The number of hydrogen-bond acceptors (Lipinski definition) is 2. The summed E-state index contributed by atoms with van der Waals surface area (Å²) in [5.41, 5.74) is 1.19. The molecule has 0 bridgehead atoms. The highest BCUT2D eigenvalue weighted by Gasteiger charge is 2.14. The zero-order chi connectivity index (χ0) is 12.6. The van der Waals surface area contributed by atoms with Gasteiger partial charge in [0.25, 0.3) is 0 Å². The summed E-state index contributed by atoms with van der Waals surface area (Å²) in [5, 5.41) is 12.3. The summed E-state index contributed by atoms with van der Waals surface area (Å²) in [6.45, 7) is 5.92. The first-order valence-corrected chi connectivity index (χ1v) is 6.30. The Balaban J connectivity index is 2.04. The summed E-state index contributed by atoms with van der Waals surface area (Å²) in [5.74, 6) is 0. The lowest BCUT2D eigenvalue weighted by molar-refractivity contribution is 0.432. The van der Waals surface area contributed by atoms with Gasteiger partial charge in [0.15, 0.2) is 0 Å². The first kappa shape index (κ1) is 13.7. The van der Waals surface area contributed by atoms with Gasteiger partial charge in [-0.15, -0.1) is 0 Å². The van der Waals surface area contributed by atoms with Crippen molar-refractivity contribution < 1.29 is 0 Å². The second-order valence-electron chi connectivity index (χ2n) is 5.08. The maximum atomic E-state index is 8.87. The molecule has 1 aromatic rings. The molecule has 0 aromatic heterocycles. The van der Waals surface area contributed by atoms with Crippen molar-refractivity contribution in [1.82, 2.24) is 5.32 Å². The summed E-state index contributed by atoms with van der Waals surface area (Å²) in [7, 11) is 0. The van der Waals surface area contributed by atoms with E-state index in [4.69, 9.17) is 5.26 Å². The smallest absolute Gasteiger partial charge is 0.0684 e. The Morgan fingerprint density at radius 1 is 1.18 bits per heavy atom. The number of rotatable bonds is 7. The van der Waals surface area contributed by atoms with Crippen LogP contribution < -0.4 is 5.32 Å². The summed E-state index contributed by atoms with van der Waals surface area (Å²) in [4.78, 5) is 0. The van der Waals surface area contributed by atoms with E-state index in [1.165, 1.54) is 5.56 Å². The van der Waals surface area contributed by atoms with Gasteiger partial charge >= 0.3 is 0 Å². The van der Waals surface area contributed by atoms with Crippen molar-refractivity contribution in [3.8, 4) is 6.07 Å². The molecule has 0 aliphatic rings. The number of hydrogen-bond donors (Lipinski definition) is 1. The van der Waals surface area contributed by atoms with Crippen molar-refractivity contribution in [3.05, 3.63) is 35.9 Å². The van der Waals surface area contributed by atoms with Crippen LogP contribution in [0.5, 0.6) is 0 Å². The van der Waals surface area contributed by atoms with E-state index < -0.39 is 0 Å². The van der Waals surface area contributed by atoms with Crippen LogP contribution in [-0.4, -0.2) is 13.1 Å². The van der Waals surface area contributed by atoms with Crippen LogP contribution in [0.4, 0.5) is 0 Å². The second kappa shape index (κ2) is 7.09. The lowest BCUT2D eigenvalue weighted by atomic mass is 9.91. The van der Waals surface area contributed by atoms with Crippen molar-refractivity contribution in [3.63, 3.8) is 0 Å². The van der Waals surface area contributed by atoms with Crippen molar-refractivity contribution in [2.24, 2.45) is 5.41 Å². The molecule has 0 heterocycles. The highest BCUT2D eigenvalue weighted by atomic mass is 14.8. The van der Waals surface area contributed by atoms with Gasteiger partial charge in [-0.3, -0.25) is 0 Å². The standard InChI is InChI=1S/C15H22N2/c1-15(2,13-16)10-12-17-11-6-9-14-7-4-3-5-8-14/h3-5,7-8,17H,6,9-12H2,1-2H3. The number of benzene rings is 1. The highest BCUT2D eigenvalue weighted by Crippen LogP contribution is 2.16. The Kier molecular flexibility index (Phi) is 5.72. The minimum atomic E-state index is -0.202. The zero-order valence-electron chi connectivity index (χ0n) is 10.9. The average molecular weight is 230 g/mol. The van der Waals surface area contributed by atoms with Gasteiger partial charge in [0.05, 0.1) is 11.5 Å². The Bertz CT molecular complexity index is 349. The highest BCUT2D eigenvalue weighted by molar-refractivity contribution is 5.14. The van der Waals surface area contributed by atoms with Crippen LogP contribution in [0.15, 0.2) is 30.3 Å². The molecule has 0 atom stereocenters. The van der Waals surface area contributed by atoms with E-state index in [0.717, 1.165) is 32.4 Å². The van der Waals surface area contributed by atoms with E-state index in [0.29, 0.717) is 0 Å². The second-order valence-corrected chi connectivity index (χ2v) is 5.08. The Labute approximate surface area is 105 Å². The number of nitrogens with one attached hydrogen (secondary N) is 1. The van der Waals surface area contributed by atoms with Crippen LogP contribution in [0.3, 0.4) is 0 Å². The Morgan fingerprint density at radius 2 is 1.88 bits per heavy atom. The summed E-state index contributed by atoms with van der Waals surface area (Å²) < 4.78 is 0. The molecule has 1 aromatic carbocycles. The molecular weight excluding hydrogens is 208 g/mol. The molecule has 2 nitrogen and oxygen atoms in total. The van der Waals surface area contributed by atoms with Gasteiger partial charge in [-0.25, -0.2) is 0 Å². The molecule has 17 heavy (non-hydrogen) atoms. The maximum Gasteiger partial charge on any atom is 0.0684 e. The van der Waals surface area contributed by atoms with E-state index in [1.807, 2.05) is 19.9 Å². The summed E-state index contributed by atoms with van der Waals surface area (Å²) in [6, 6.07) is 12.9. The predicted molar refractivity (Wildman–Crippen MR) is 71.6 cm³/mol. The number of aryl methyl sites for hydroxylation is 1. The van der Waals surface area contributed by atoms with Crippen molar-refractivity contribution in [2.75, 3.05) is 13.1 Å². The van der Waals surface area contributed by atoms with Crippen LogP contribution >= 0.6 is 0 Å². The fourth-order valence-corrected chi connectivity index (χ4v) is 1.64. The zero-order valence-corrected chi connectivity index (χ0v) is 10.9. The third kappa shape index (κ3) is 6.09. The van der Waals surface area contributed by atoms with E-state index in [2.05, 4.69) is 35.7 Å². The third-order valence-corrected chi connectivity index (χ3v) is 2.89. The molecule has 1 N–H and O–H groups in total. The topological polar surface area (TPSA) is 35.8 Å². The molecule has 0 fully saturated rings. The number of nitriles is 1. The molecule has 0 spiro atoms. The van der Waals surface area contributed by atoms with Gasteiger partial charge < -0.3 is 5.32 Å².